The van der Waals surface area contributed by atoms with Crippen molar-refractivity contribution in [2.75, 3.05) is 0 Å². The van der Waals surface area contributed by atoms with Crippen LogP contribution in [0.25, 0.3) is 6.08 Å². The van der Waals surface area contributed by atoms with Crippen LogP contribution in [0.2, 0.25) is 0 Å². The van der Waals surface area contributed by atoms with Crippen LogP contribution in [-0.4, -0.2) is 22.2 Å². The highest BCUT2D eigenvalue weighted by Crippen LogP contribution is 1.96. The normalized spacial score (nSPS) is 10.6. The van der Waals surface area contributed by atoms with E-state index in [4.69, 9.17) is 10.0 Å². The number of nitrogens with zero attached hydrogens (tertiary/aromatic N) is 1. The van der Waals surface area contributed by atoms with Crippen molar-refractivity contribution in [2.45, 2.75) is 0 Å². The molecule has 0 fully saturated rings. The maximum absolute atomic E-state index is 8.36. The molecule has 4 nitrogen and oxygen atoms in total. The van der Waals surface area contributed by atoms with E-state index in [2.05, 4.69) is 9.40 Å². The summed E-state index contributed by atoms with van der Waals surface area (Å²) in [7, 11) is -1.43. The van der Waals surface area contributed by atoms with Gasteiger partial charge in [-0.05, 0) is 6.08 Å². The van der Waals surface area contributed by atoms with Gasteiger partial charge in [-0.15, -0.1) is 0 Å². The van der Waals surface area contributed by atoms with Crippen molar-refractivity contribution in [1.29, 1.82) is 0 Å². The van der Waals surface area contributed by atoms with E-state index in [1.54, 1.807) is 0 Å². The van der Waals surface area contributed by atoms with Gasteiger partial charge in [-0.1, -0.05) is 5.98 Å². The predicted molar refractivity (Wildman–Crippen MR) is 35.7 cm³/mol. The number of hydrogen-bond acceptors (Lipinski definition) is 4. The third kappa shape index (κ3) is 2.04. The molecule has 0 bridgehead atoms. The van der Waals surface area contributed by atoms with Gasteiger partial charge in [0.2, 0.25) is 0 Å². The molecule has 2 N–H and O–H groups in total. The monoisotopic (exact) mass is 139 g/mol. The average molecular weight is 139 g/mol. The molecule has 0 saturated heterocycles. The molecule has 0 saturated carbocycles. The molecular weight excluding hydrogens is 133 g/mol. The molecule has 1 aromatic heterocycles. The lowest BCUT2D eigenvalue weighted by atomic mass is 9.91. The third-order valence-electron chi connectivity index (χ3n) is 0.891. The zero-order valence-electron chi connectivity index (χ0n) is 5.14. The first kappa shape index (κ1) is 7.05. The fourth-order valence-electron chi connectivity index (χ4n) is 0.489. The van der Waals surface area contributed by atoms with E-state index >= 15 is 0 Å². The molecule has 0 aliphatic rings. The van der Waals surface area contributed by atoms with Gasteiger partial charge >= 0.3 is 7.12 Å². The Kier molecular flexibility index (Phi) is 2.25. The molecule has 0 unspecified atom stereocenters. The first-order valence-corrected chi connectivity index (χ1v) is 2.71. The Balaban J connectivity index is 2.55. The molecule has 0 atom stereocenters. The van der Waals surface area contributed by atoms with Crippen LogP contribution in [0.5, 0.6) is 0 Å². The molecule has 5 heteroatoms. The smallest absolute Gasteiger partial charge is 0.451 e. The van der Waals surface area contributed by atoms with E-state index in [0.717, 1.165) is 0 Å². The Hall–Kier alpha value is -1.07. The zero-order valence-corrected chi connectivity index (χ0v) is 5.14. The number of aromatic nitrogens is 1. The molecule has 0 amide bonds. The lowest BCUT2D eigenvalue weighted by Crippen LogP contribution is -2.05. The van der Waals surface area contributed by atoms with Crippen molar-refractivity contribution in [3.8, 4) is 0 Å². The second-order valence-corrected chi connectivity index (χ2v) is 1.69. The molecular formula is C5H6BNO3. The minimum Gasteiger partial charge on any atom is -0.451 e. The second-order valence-electron chi connectivity index (χ2n) is 1.69. The van der Waals surface area contributed by atoms with Crippen molar-refractivity contribution in [3.63, 3.8) is 0 Å². The highest BCUT2D eigenvalue weighted by molar-refractivity contribution is 6.48. The molecule has 0 spiro atoms. The number of hydrogen-bond donors (Lipinski definition) is 2. The van der Waals surface area contributed by atoms with Crippen molar-refractivity contribution in [1.82, 2.24) is 4.98 Å². The molecule has 1 heterocycles. The largest absolute Gasteiger partial charge is 0.480 e. The van der Waals surface area contributed by atoms with E-state index in [1.807, 2.05) is 0 Å². The summed E-state index contributed by atoms with van der Waals surface area (Å²) in [6.45, 7) is 0. The van der Waals surface area contributed by atoms with Crippen LogP contribution in [0.15, 0.2) is 23.0 Å². The molecule has 1 aromatic rings. The number of oxazole rings is 1. The van der Waals surface area contributed by atoms with Gasteiger partial charge in [0.05, 0.1) is 0 Å². The Morgan fingerprint density at radius 1 is 1.60 bits per heavy atom. The maximum atomic E-state index is 8.36. The van der Waals surface area contributed by atoms with Crippen LogP contribution < -0.4 is 0 Å². The van der Waals surface area contributed by atoms with Crippen LogP contribution in [0.4, 0.5) is 0 Å². The van der Waals surface area contributed by atoms with E-state index in [1.165, 1.54) is 24.7 Å². The summed E-state index contributed by atoms with van der Waals surface area (Å²) in [6.07, 6.45) is 4.12. The van der Waals surface area contributed by atoms with Crippen LogP contribution in [0.1, 0.15) is 5.69 Å². The van der Waals surface area contributed by atoms with Gasteiger partial charge in [-0.2, -0.15) is 0 Å². The fourth-order valence-corrected chi connectivity index (χ4v) is 0.489. The molecule has 0 aliphatic carbocycles. The summed E-state index contributed by atoms with van der Waals surface area (Å²) < 4.78 is 4.62. The van der Waals surface area contributed by atoms with E-state index in [-0.39, 0.29) is 0 Å². The van der Waals surface area contributed by atoms with Crippen LogP contribution >= 0.6 is 0 Å². The lowest BCUT2D eigenvalue weighted by Gasteiger charge is -1.82. The molecule has 0 aromatic carbocycles. The topological polar surface area (TPSA) is 66.5 Å². The van der Waals surface area contributed by atoms with Crippen LogP contribution in [0.3, 0.4) is 0 Å². The first-order chi connectivity index (χ1) is 4.79. The minimum atomic E-state index is -1.43. The van der Waals surface area contributed by atoms with Crippen molar-refractivity contribution in [2.24, 2.45) is 0 Å². The van der Waals surface area contributed by atoms with Gasteiger partial charge in [-0.25, -0.2) is 4.98 Å². The van der Waals surface area contributed by atoms with E-state index in [9.17, 15) is 0 Å². The Morgan fingerprint density at radius 2 is 2.40 bits per heavy atom. The minimum absolute atomic E-state index is 0.563. The third-order valence-corrected chi connectivity index (χ3v) is 0.891. The van der Waals surface area contributed by atoms with Crippen LogP contribution in [0, 0.1) is 0 Å². The maximum Gasteiger partial charge on any atom is 0.480 e. The van der Waals surface area contributed by atoms with Crippen LogP contribution in [-0.2, 0) is 0 Å². The molecule has 52 valence electrons. The highest BCUT2D eigenvalue weighted by atomic mass is 16.4. The van der Waals surface area contributed by atoms with Gasteiger partial charge in [0.25, 0.3) is 0 Å². The van der Waals surface area contributed by atoms with Crippen molar-refractivity contribution >= 4 is 13.2 Å². The molecule has 0 aliphatic heterocycles. The van der Waals surface area contributed by atoms with Gasteiger partial charge in [0.1, 0.15) is 12.0 Å². The van der Waals surface area contributed by atoms with E-state index in [0.29, 0.717) is 5.69 Å². The van der Waals surface area contributed by atoms with Gasteiger partial charge < -0.3 is 14.5 Å². The van der Waals surface area contributed by atoms with Crippen molar-refractivity contribution < 1.29 is 14.5 Å². The Bertz CT molecular complexity index is 207. The summed E-state index contributed by atoms with van der Waals surface area (Å²) in [6, 6.07) is 0. The Morgan fingerprint density at radius 3 is 2.90 bits per heavy atom. The summed E-state index contributed by atoms with van der Waals surface area (Å²) in [5, 5.41) is 16.7. The Labute approximate surface area is 58.0 Å². The van der Waals surface area contributed by atoms with E-state index < -0.39 is 7.12 Å². The second kappa shape index (κ2) is 3.19. The summed E-state index contributed by atoms with van der Waals surface area (Å²) in [5.74, 6) is 1.19. The highest BCUT2D eigenvalue weighted by Gasteiger charge is 1.98. The SMILES string of the molecule is OB(O)/C=C/c1cocn1. The quantitative estimate of drug-likeness (QED) is 0.552. The molecule has 0 radical (unpaired) electrons. The molecule has 10 heavy (non-hydrogen) atoms. The van der Waals surface area contributed by atoms with Gasteiger partial charge in [0, 0.05) is 0 Å². The van der Waals surface area contributed by atoms with Crippen molar-refractivity contribution in [3.05, 3.63) is 24.3 Å². The lowest BCUT2D eigenvalue weighted by molar-refractivity contribution is 0.424. The molecule has 1 rings (SSSR count). The zero-order chi connectivity index (χ0) is 7.40. The summed E-state index contributed by atoms with van der Waals surface area (Å²) >= 11 is 0. The summed E-state index contributed by atoms with van der Waals surface area (Å²) in [4.78, 5) is 3.71. The standard InChI is InChI=1S/C5H6BNO3/c8-6(9)2-1-5-3-10-4-7-5/h1-4,8-9H/b2-1+. The number of rotatable bonds is 2. The first-order valence-electron chi connectivity index (χ1n) is 2.71. The van der Waals surface area contributed by atoms with Gasteiger partial charge in [-0.3, -0.25) is 0 Å². The van der Waals surface area contributed by atoms with Gasteiger partial charge in [0.15, 0.2) is 6.39 Å². The fraction of sp³-hybridized carbons (Fsp3) is 0. The summed E-state index contributed by atoms with van der Waals surface area (Å²) in [5.41, 5.74) is 0.563. The average Bonchev–Trinajstić information content (AvgIpc) is 2.34. The predicted octanol–water partition coefficient (Wildman–Crippen LogP) is -0.300.